The first-order valence-electron chi connectivity index (χ1n) is 6.31. The highest BCUT2D eigenvalue weighted by atomic mass is 16.5. The van der Waals surface area contributed by atoms with Crippen molar-refractivity contribution >= 4 is 12.2 Å². The molecule has 3 nitrogen and oxygen atoms in total. The fourth-order valence-corrected chi connectivity index (χ4v) is 2.12. The van der Waals surface area contributed by atoms with Crippen molar-refractivity contribution in [1.82, 2.24) is 4.90 Å². The molecule has 0 bridgehead atoms. The van der Waals surface area contributed by atoms with Gasteiger partial charge in [-0.3, -0.25) is 4.90 Å². The van der Waals surface area contributed by atoms with Gasteiger partial charge in [-0.05, 0) is 35.1 Å². The van der Waals surface area contributed by atoms with Crippen LogP contribution in [-0.4, -0.2) is 18.1 Å². The number of carbonyl (C=O) groups excluding carboxylic acids is 1. The van der Waals surface area contributed by atoms with E-state index < -0.39 is 0 Å². The third-order valence-electron chi connectivity index (χ3n) is 3.53. The molecule has 1 aliphatic rings. The first kappa shape index (κ1) is 12.7. The van der Waals surface area contributed by atoms with Crippen LogP contribution >= 0.6 is 0 Å². The molecule has 3 heteroatoms. The zero-order chi connectivity index (χ0) is 13.1. The minimum atomic E-state index is -0.314. The van der Waals surface area contributed by atoms with Gasteiger partial charge >= 0.3 is 6.09 Å². The number of nitrogens with zero attached hydrogens (tertiary/aromatic N) is 1. The fourth-order valence-electron chi connectivity index (χ4n) is 2.12. The molecular weight excluding hydrogens is 226 g/mol. The molecule has 2 rings (SSSR count). The summed E-state index contributed by atoms with van der Waals surface area (Å²) in [7, 11) is 1.40. The molecule has 1 unspecified atom stereocenters. The zero-order valence-corrected chi connectivity index (χ0v) is 11.1. The first-order chi connectivity index (χ1) is 8.65. The molecule has 1 atom stereocenters. The predicted molar refractivity (Wildman–Crippen MR) is 72.1 cm³/mol. The molecule has 0 radical (unpaired) electrons. The quantitative estimate of drug-likeness (QED) is 0.794. The Morgan fingerprint density at radius 3 is 2.94 bits per heavy atom. The van der Waals surface area contributed by atoms with E-state index in [0.717, 1.165) is 6.42 Å². The highest BCUT2D eigenvalue weighted by Crippen LogP contribution is 2.26. The number of fused-ring (bicyclic) bond motifs is 1. The van der Waals surface area contributed by atoms with Gasteiger partial charge in [0.15, 0.2) is 0 Å². The van der Waals surface area contributed by atoms with Gasteiger partial charge in [0.1, 0.15) is 0 Å². The van der Waals surface area contributed by atoms with Crippen molar-refractivity contribution in [1.29, 1.82) is 0 Å². The summed E-state index contributed by atoms with van der Waals surface area (Å²) < 4.78 is 4.74. The third-order valence-corrected chi connectivity index (χ3v) is 3.53. The molecule has 18 heavy (non-hydrogen) atoms. The molecule has 0 fully saturated rings. The molecule has 1 aromatic rings. The molecule has 96 valence electrons. The molecule has 0 aromatic heterocycles. The lowest BCUT2D eigenvalue weighted by molar-refractivity contribution is 0.138. The maximum atomic E-state index is 11.5. The van der Waals surface area contributed by atoms with Crippen molar-refractivity contribution < 1.29 is 9.53 Å². The highest BCUT2D eigenvalue weighted by molar-refractivity contribution is 5.72. The average molecular weight is 245 g/mol. The predicted octanol–water partition coefficient (Wildman–Crippen LogP) is 3.75. The van der Waals surface area contributed by atoms with E-state index in [1.165, 1.54) is 23.8 Å². The van der Waals surface area contributed by atoms with E-state index in [1.54, 1.807) is 11.1 Å². The Morgan fingerprint density at radius 1 is 1.50 bits per heavy atom. The largest absolute Gasteiger partial charge is 0.452 e. The summed E-state index contributed by atoms with van der Waals surface area (Å²) in [5, 5.41) is 0. The van der Waals surface area contributed by atoms with Crippen LogP contribution in [0.2, 0.25) is 0 Å². The second kappa shape index (κ2) is 5.25. The number of amides is 1. The Kier molecular flexibility index (Phi) is 3.70. The molecule has 1 aromatic carbocycles. The Balaban J connectivity index is 2.26. The number of rotatable bonds is 2. The van der Waals surface area contributed by atoms with Gasteiger partial charge in [0, 0.05) is 6.20 Å². The lowest BCUT2D eigenvalue weighted by atomic mass is 9.93. The van der Waals surface area contributed by atoms with Gasteiger partial charge in [0.05, 0.1) is 13.7 Å². The summed E-state index contributed by atoms with van der Waals surface area (Å²) in [6.07, 6.45) is 4.54. The molecule has 1 aliphatic heterocycles. The minimum absolute atomic E-state index is 0.314. The number of carbonyl (C=O) groups is 1. The van der Waals surface area contributed by atoms with Gasteiger partial charge in [0.2, 0.25) is 0 Å². The topological polar surface area (TPSA) is 29.5 Å². The van der Waals surface area contributed by atoms with E-state index in [1.807, 2.05) is 6.08 Å². The fraction of sp³-hybridized carbons (Fsp3) is 0.400. The summed E-state index contributed by atoms with van der Waals surface area (Å²) in [5.74, 6) is 0.549. The maximum Gasteiger partial charge on any atom is 0.413 e. The lowest BCUT2D eigenvalue weighted by Crippen LogP contribution is -2.27. The molecule has 1 heterocycles. The van der Waals surface area contributed by atoms with Crippen LogP contribution in [0, 0.1) is 0 Å². The Bertz CT molecular complexity index is 479. The van der Waals surface area contributed by atoms with Gasteiger partial charge in [-0.15, -0.1) is 0 Å². The van der Waals surface area contributed by atoms with Crippen LogP contribution in [0.25, 0.3) is 6.08 Å². The van der Waals surface area contributed by atoms with E-state index >= 15 is 0 Å². The first-order valence-corrected chi connectivity index (χ1v) is 6.31. The SMILES string of the molecule is CCC(C)c1ccc2c(c1)CN(C(=O)OC)C=C2. The van der Waals surface area contributed by atoms with Gasteiger partial charge < -0.3 is 4.74 Å². The summed E-state index contributed by atoms with van der Waals surface area (Å²) in [5.41, 5.74) is 3.69. The average Bonchev–Trinajstić information content (AvgIpc) is 2.44. The van der Waals surface area contributed by atoms with Crippen molar-refractivity contribution in [3.63, 3.8) is 0 Å². The number of ether oxygens (including phenoxy) is 1. The molecule has 0 saturated heterocycles. The van der Waals surface area contributed by atoms with Gasteiger partial charge in [-0.25, -0.2) is 4.79 Å². The maximum absolute atomic E-state index is 11.5. The standard InChI is InChI=1S/C15H19NO2/c1-4-11(2)13-6-5-12-7-8-16(15(17)18-3)10-14(12)9-13/h5-9,11H,4,10H2,1-3H3. The van der Waals surface area contributed by atoms with Crippen molar-refractivity contribution in [3.8, 4) is 0 Å². The van der Waals surface area contributed by atoms with Crippen LogP contribution in [0.1, 0.15) is 42.9 Å². The van der Waals surface area contributed by atoms with Crippen molar-refractivity contribution in [2.24, 2.45) is 0 Å². The smallest absolute Gasteiger partial charge is 0.413 e. The van der Waals surface area contributed by atoms with E-state index in [4.69, 9.17) is 4.74 Å². The summed E-state index contributed by atoms with van der Waals surface area (Å²) in [4.78, 5) is 13.1. The molecule has 0 aliphatic carbocycles. The normalized spacial score (nSPS) is 15.2. The van der Waals surface area contributed by atoms with Gasteiger partial charge in [0.25, 0.3) is 0 Å². The number of methoxy groups -OCH3 is 1. The van der Waals surface area contributed by atoms with Crippen LogP contribution in [-0.2, 0) is 11.3 Å². The Hall–Kier alpha value is -1.77. The van der Waals surface area contributed by atoms with E-state index in [2.05, 4.69) is 32.0 Å². The Labute approximate surface area is 108 Å². The molecule has 1 amide bonds. The summed E-state index contributed by atoms with van der Waals surface area (Å²) in [6, 6.07) is 6.50. The van der Waals surface area contributed by atoms with E-state index in [0.29, 0.717) is 12.5 Å². The van der Waals surface area contributed by atoms with Crippen molar-refractivity contribution in [2.75, 3.05) is 7.11 Å². The zero-order valence-electron chi connectivity index (χ0n) is 11.1. The van der Waals surface area contributed by atoms with E-state index in [-0.39, 0.29) is 6.09 Å². The molecule has 0 saturated carbocycles. The summed E-state index contributed by atoms with van der Waals surface area (Å²) in [6.45, 7) is 4.99. The number of benzene rings is 1. The van der Waals surface area contributed by atoms with Crippen LogP contribution < -0.4 is 0 Å². The summed E-state index contributed by atoms with van der Waals surface area (Å²) >= 11 is 0. The van der Waals surface area contributed by atoms with Crippen LogP contribution in [0.4, 0.5) is 4.79 Å². The van der Waals surface area contributed by atoms with Crippen molar-refractivity contribution in [3.05, 3.63) is 41.1 Å². The second-order valence-corrected chi connectivity index (χ2v) is 4.68. The third kappa shape index (κ3) is 2.40. The Morgan fingerprint density at radius 2 is 2.28 bits per heavy atom. The van der Waals surface area contributed by atoms with Gasteiger partial charge in [-0.1, -0.05) is 32.0 Å². The van der Waals surface area contributed by atoms with Crippen LogP contribution in [0.5, 0.6) is 0 Å². The van der Waals surface area contributed by atoms with Crippen LogP contribution in [0.15, 0.2) is 24.4 Å². The van der Waals surface area contributed by atoms with Crippen molar-refractivity contribution in [2.45, 2.75) is 32.7 Å². The van der Waals surface area contributed by atoms with Gasteiger partial charge in [-0.2, -0.15) is 0 Å². The molecular formula is C15H19NO2. The second-order valence-electron chi connectivity index (χ2n) is 4.68. The number of hydrogen-bond donors (Lipinski definition) is 0. The van der Waals surface area contributed by atoms with Crippen LogP contribution in [0.3, 0.4) is 0 Å². The van der Waals surface area contributed by atoms with E-state index in [9.17, 15) is 4.79 Å². The molecule has 0 N–H and O–H groups in total. The number of hydrogen-bond acceptors (Lipinski definition) is 2. The highest BCUT2D eigenvalue weighted by Gasteiger charge is 2.17. The minimum Gasteiger partial charge on any atom is -0.452 e. The lowest BCUT2D eigenvalue weighted by Gasteiger charge is -2.23. The molecule has 0 spiro atoms. The monoisotopic (exact) mass is 245 g/mol.